The van der Waals surface area contributed by atoms with Crippen molar-refractivity contribution in [3.05, 3.63) is 39.9 Å². The summed E-state index contributed by atoms with van der Waals surface area (Å²) < 4.78 is 0.492. The van der Waals surface area contributed by atoms with Gasteiger partial charge in [0.05, 0.1) is 9.51 Å². The van der Waals surface area contributed by atoms with Gasteiger partial charge in [-0.1, -0.05) is 18.2 Å². The van der Waals surface area contributed by atoms with Crippen molar-refractivity contribution in [2.45, 2.75) is 11.0 Å². The monoisotopic (exact) mass is 241 g/mol. The van der Waals surface area contributed by atoms with Gasteiger partial charge in [-0.3, -0.25) is 10.1 Å². The fourth-order valence-electron chi connectivity index (χ4n) is 1.57. The predicted molar refractivity (Wildman–Crippen MR) is 65.5 cm³/mol. The zero-order valence-electron chi connectivity index (χ0n) is 8.09. The molecule has 3 nitrogen and oxygen atoms in total. The van der Waals surface area contributed by atoms with Crippen LogP contribution in [-0.4, -0.2) is 21.0 Å². The van der Waals surface area contributed by atoms with Crippen LogP contribution >= 0.6 is 23.5 Å². The van der Waals surface area contributed by atoms with E-state index < -0.39 is 0 Å². The van der Waals surface area contributed by atoms with Crippen LogP contribution in [0.1, 0.15) is 5.56 Å². The third-order valence-electron chi connectivity index (χ3n) is 2.27. The molecular formula is C10H11NO2S2. The van der Waals surface area contributed by atoms with E-state index >= 15 is 0 Å². The summed E-state index contributed by atoms with van der Waals surface area (Å²) in [4.78, 5) is 10.5. The van der Waals surface area contributed by atoms with Gasteiger partial charge in [-0.2, -0.15) is 0 Å². The van der Waals surface area contributed by atoms with Crippen LogP contribution in [0.3, 0.4) is 0 Å². The number of nitrogens with zero attached hydrogens (tertiary/aromatic N) is 1. The van der Waals surface area contributed by atoms with Crippen LogP contribution in [0.2, 0.25) is 0 Å². The number of para-hydroxylation sites is 1. The van der Waals surface area contributed by atoms with Crippen molar-refractivity contribution in [3.8, 4) is 0 Å². The van der Waals surface area contributed by atoms with Gasteiger partial charge < -0.3 is 0 Å². The van der Waals surface area contributed by atoms with Gasteiger partial charge in [0.1, 0.15) is 0 Å². The van der Waals surface area contributed by atoms with Crippen LogP contribution in [0.4, 0.5) is 5.69 Å². The van der Waals surface area contributed by atoms with Crippen molar-refractivity contribution in [1.29, 1.82) is 0 Å². The van der Waals surface area contributed by atoms with Gasteiger partial charge >= 0.3 is 0 Å². The molecule has 1 saturated heterocycles. The number of hydrogen-bond acceptors (Lipinski definition) is 4. The quantitative estimate of drug-likeness (QED) is 0.603. The molecule has 1 aromatic carbocycles. The maximum absolute atomic E-state index is 10.8. The van der Waals surface area contributed by atoms with Gasteiger partial charge in [-0.05, 0) is 0 Å². The number of benzene rings is 1. The molecule has 0 saturated carbocycles. The summed E-state index contributed by atoms with van der Waals surface area (Å²) >= 11 is 3.80. The Hall–Kier alpha value is -0.680. The highest BCUT2D eigenvalue weighted by atomic mass is 32.2. The second-order valence-electron chi connectivity index (χ2n) is 3.26. The van der Waals surface area contributed by atoms with Crippen molar-refractivity contribution >= 4 is 29.2 Å². The van der Waals surface area contributed by atoms with Gasteiger partial charge in [-0.15, -0.1) is 23.5 Å². The van der Waals surface area contributed by atoms with Crippen LogP contribution in [-0.2, 0) is 6.42 Å². The maximum Gasteiger partial charge on any atom is 0.272 e. The number of rotatable bonds is 3. The minimum Gasteiger partial charge on any atom is -0.258 e. The Labute approximate surface area is 96.8 Å². The van der Waals surface area contributed by atoms with Crippen molar-refractivity contribution in [1.82, 2.24) is 0 Å². The fraction of sp³-hybridized carbons (Fsp3) is 0.400. The molecule has 1 aromatic rings. The molecule has 0 atom stereocenters. The van der Waals surface area contributed by atoms with Crippen molar-refractivity contribution in [3.63, 3.8) is 0 Å². The minimum absolute atomic E-state index is 0.255. The molecule has 5 heteroatoms. The molecule has 1 aliphatic heterocycles. The van der Waals surface area contributed by atoms with E-state index in [9.17, 15) is 10.1 Å². The van der Waals surface area contributed by atoms with Crippen LogP contribution < -0.4 is 0 Å². The van der Waals surface area contributed by atoms with E-state index in [4.69, 9.17) is 0 Å². The van der Waals surface area contributed by atoms with E-state index in [0.717, 1.165) is 23.5 Å². The SMILES string of the molecule is O=[N+]([O-])c1ccccc1CC1SCCS1. The lowest BCUT2D eigenvalue weighted by Crippen LogP contribution is -2.01. The van der Waals surface area contributed by atoms with Crippen molar-refractivity contribution in [2.75, 3.05) is 11.5 Å². The molecule has 0 aliphatic carbocycles. The molecule has 0 N–H and O–H groups in total. The summed E-state index contributed by atoms with van der Waals surface area (Å²) in [5, 5.41) is 10.8. The Morgan fingerprint density at radius 1 is 1.33 bits per heavy atom. The van der Waals surface area contributed by atoms with Gasteiger partial charge in [0.15, 0.2) is 0 Å². The highest BCUT2D eigenvalue weighted by Gasteiger charge is 2.21. The van der Waals surface area contributed by atoms with Crippen molar-refractivity contribution < 1.29 is 4.92 Å². The second kappa shape index (κ2) is 4.90. The first-order chi connectivity index (χ1) is 7.27. The van der Waals surface area contributed by atoms with E-state index in [1.54, 1.807) is 12.1 Å². The number of thioether (sulfide) groups is 2. The van der Waals surface area contributed by atoms with Gasteiger partial charge in [0, 0.05) is 29.6 Å². The molecule has 0 amide bonds. The summed E-state index contributed by atoms with van der Waals surface area (Å²) in [5.41, 5.74) is 1.11. The van der Waals surface area contributed by atoms with Crippen molar-refractivity contribution in [2.24, 2.45) is 0 Å². The minimum atomic E-state index is -0.292. The Kier molecular flexibility index (Phi) is 3.53. The third kappa shape index (κ3) is 2.66. The lowest BCUT2D eigenvalue weighted by molar-refractivity contribution is -0.385. The van der Waals surface area contributed by atoms with Crippen LogP contribution in [0.15, 0.2) is 24.3 Å². The average molecular weight is 241 g/mol. The Morgan fingerprint density at radius 2 is 2.00 bits per heavy atom. The van der Waals surface area contributed by atoms with E-state index in [-0.39, 0.29) is 10.6 Å². The van der Waals surface area contributed by atoms with Gasteiger partial charge in [-0.25, -0.2) is 0 Å². The summed E-state index contributed by atoms with van der Waals surface area (Å²) in [7, 11) is 0. The standard InChI is InChI=1S/C10H11NO2S2/c12-11(13)9-4-2-1-3-8(9)7-10-14-5-6-15-10/h1-4,10H,5-7H2. The topological polar surface area (TPSA) is 43.1 Å². The van der Waals surface area contributed by atoms with Gasteiger partial charge in [0.2, 0.25) is 0 Å². The molecule has 0 spiro atoms. The highest BCUT2D eigenvalue weighted by Crippen LogP contribution is 2.35. The molecule has 15 heavy (non-hydrogen) atoms. The molecular weight excluding hydrogens is 230 g/mol. The summed E-state index contributed by atoms with van der Waals surface area (Å²) in [6, 6.07) is 7.03. The first-order valence-electron chi connectivity index (χ1n) is 4.73. The fourth-order valence-corrected chi connectivity index (χ4v) is 4.42. The van der Waals surface area contributed by atoms with Crippen LogP contribution in [0.25, 0.3) is 0 Å². The number of hydrogen-bond donors (Lipinski definition) is 0. The largest absolute Gasteiger partial charge is 0.272 e. The normalized spacial score (nSPS) is 16.8. The van der Waals surface area contributed by atoms with E-state index in [1.807, 2.05) is 35.7 Å². The Morgan fingerprint density at radius 3 is 2.67 bits per heavy atom. The maximum atomic E-state index is 10.8. The summed E-state index contributed by atoms with van der Waals surface area (Å²) in [5.74, 6) is 2.33. The highest BCUT2D eigenvalue weighted by molar-refractivity contribution is 8.20. The lowest BCUT2D eigenvalue weighted by atomic mass is 10.1. The molecule has 80 valence electrons. The summed E-state index contributed by atoms with van der Waals surface area (Å²) in [6.07, 6.45) is 0.798. The molecule has 1 heterocycles. The molecule has 1 aliphatic rings. The van der Waals surface area contributed by atoms with E-state index in [2.05, 4.69) is 0 Å². The smallest absolute Gasteiger partial charge is 0.258 e. The van der Waals surface area contributed by atoms with Gasteiger partial charge in [0.25, 0.3) is 5.69 Å². The first kappa shape index (κ1) is 10.8. The van der Waals surface area contributed by atoms with E-state index in [0.29, 0.717) is 4.58 Å². The Balaban J connectivity index is 2.15. The molecule has 0 aromatic heterocycles. The predicted octanol–water partition coefficient (Wildman–Crippen LogP) is 2.94. The molecule has 1 fully saturated rings. The molecule has 0 radical (unpaired) electrons. The zero-order valence-corrected chi connectivity index (χ0v) is 9.72. The van der Waals surface area contributed by atoms with Crippen LogP contribution in [0, 0.1) is 10.1 Å². The molecule has 0 bridgehead atoms. The molecule has 0 unspecified atom stereocenters. The Bertz CT molecular complexity index is 364. The van der Waals surface area contributed by atoms with E-state index in [1.165, 1.54) is 0 Å². The number of nitro benzene ring substituents is 1. The zero-order chi connectivity index (χ0) is 10.7. The summed E-state index contributed by atoms with van der Waals surface area (Å²) in [6.45, 7) is 0. The lowest BCUT2D eigenvalue weighted by Gasteiger charge is -2.07. The molecule has 2 rings (SSSR count). The second-order valence-corrected chi connectivity index (χ2v) is 6.18. The first-order valence-corrected chi connectivity index (χ1v) is 6.82. The third-order valence-corrected chi connectivity index (χ3v) is 5.30. The number of nitro groups is 1. The average Bonchev–Trinajstić information content (AvgIpc) is 2.71. The van der Waals surface area contributed by atoms with Crippen LogP contribution in [0.5, 0.6) is 0 Å².